The number of hydrogen-bond acceptors (Lipinski definition) is 4. The van der Waals surface area contributed by atoms with Crippen LogP contribution in [0.25, 0.3) is 5.57 Å². The first kappa shape index (κ1) is 19.8. The molecule has 0 bridgehead atoms. The van der Waals surface area contributed by atoms with E-state index in [4.69, 9.17) is 5.73 Å². The number of allylic oxidation sites excluding steroid dienone is 3. The Balaban J connectivity index is 1.62. The Morgan fingerprint density at radius 1 is 1.36 bits per heavy atom. The molecule has 0 saturated heterocycles. The molecule has 2 heterocycles. The Bertz CT molecular complexity index is 986. The summed E-state index contributed by atoms with van der Waals surface area (Å²) in [5.74, 6) is -1.29. The number of amides is 2. The van der Waals surface area contributed by atoms with Gasteiger partial charge in [0.25, 0.3) is 0 Å². The number of hydrogen-bond donors (Lipinski definition) is 2. The van der Waals surface area contributed by atoms with Gasteiger partial charge in [0.2, 0.25) is 0 Å². The van der Waals surface area contributed by atoms with E-state index in [1.54, 1.807) is 29.2 Å². The molecule has 2 amide bonds. The van der Waals surface area contributed by atoms with Gasteiger partial charge in [-0.25, -0.2) is 18.6 Å². The molecular weight excluding hydrogens is 382 g/mol. The van der Waals surface area contributed by atoms with Crippen molar-refractivity contribution in [1.82, 2.24) is 15.2 Å². The number of nitrogens with one attached hydrogen (secondary N) is 1. The molecule has 0 fully saturated rings. The van der Waals surface area contributed by atoms with Crippen LogP contribution in [0.3, 0.4) is 0 Å². The van der Waals surface area contributed by atoms with Gasteiger partial charge in [-0.05, 0) is 37.6 Å². The number of urea groups is 1. The minimum Gasteiger partial charge on any atom is -0.397 e. The highest BCUT2D eigenvalue weighted by atomic mass is 32.1. The van der Waals surface area contributed by atoms with E-state index in [0.717, 1.165) is 21.6 Å². The van der Waals surface area contributed by atoms with Gasteiger partial charge < -0.3 is 16.0 Å². The number of thiazole rings is 1. The van der Waals surface area contributed by atoms with Gasteiger partial charge in [-0.2, -0.15) is 0 Å². The van der Waals surface area contributed by atoms with Crippen molar-refractivity contribution in [1.29, 1.82) is 0 Å². The lowest BCUT2D eigenvalue weighted by Crippen LogP contribution is -2.36. The first-order chi connectivity index (χ1) is 13.2. The van der Waals surface area contributed by atoms with E-state index in [9.17, 15) is 13.6 Å². The minimum atomic E-state index is -0.654. The number of rotatable bonds is 4. The van der Waals surface area contributed by atoms with Gasteiger partial charge in [-0.15, -0.1) is 11.3 Å². The van der Waals surface area contributed by atoms with Crippen LogP contribution in [0.2, 0.25) is 0 Å². The summed E-state index contributed by atoms with van der Waals surface area (Å²) in [4.78, 5) is 19.5. The minimum absolute atomic E-state index is 0.234. The zero-order chi connectivity index (χ0) is 20.4. The topological polar surface area (TPSA) is 71.2 Å². The molecule has 1 aromatic heterocycles. The standard InChI is InChI=1S/C20H20F2N4OS/c1-11(15-6-5-14(21)8-16(15)22)4-7-17(23)12(2)24-20(27)26-9-18-19(10-26)28-13(3)25-18/h4-8H,2,9-10,23H2,1,3H3,(H,24,27)/b11-4+,17-7+. The van der Waals surface area contributed by atoms with Crippen LogP contribution in [0.5, 0.6) is 0 Å². The largest absolute Gasteiger partial charge is 0.397 e. The average molecular weight is 402 g/mol. The first-order valence-corrected chi connectivity index (χ1v) is 9.36. The van der Waals surface area contributed by atoms with E-state index in [1.165, 1.54) is 18.2 Å². The lowest BCUT2D eigenvalue weighted by molar-refractivity contribution is 0.201. The molecule has 0 saturated carbocycles. The molecule has 0 atom stereocenters. The van der Waals surface area contributed by atoms with E-state index in [0.29, 0.717) is 18.7 Å². The lowest BCUT2D eigenvalue weighted by Gasteiger charge is -2.17. The molecule has 1 aliphatic rings. The van der Waals surface area contributed by atoms with Crippen molar-refractivity contribution in [2.75, 3.05) is 0 Å². The molecule has 1 aliphatic heterocycles. The molecule has 0 spiro atoms. The summed E-state index contributed by atoms with van der Waals surface area (Å²) in [6.45, 7) is 8.35. The molecule has 3 N–H and O–H groups in total. The summed E-state index contributed by atoms with van der Waals surface area (Å²) in [6, 6.07) is 3.06. The summed E-state index contributed by atoms with van der Waals surface area (Å²) in [5.41, 5.74) is 8.19. The molecule has 28 heavy (non-hydrogen) atoms. The van der Waals surface area contributed by atoms with Crippen LogP contribution in [-0.2, 0) is 13.1 Å². The Morgan fingerprint density at radius 2 is 2.11 bits per heavy atom. The second kappa shape index (κ2) is 7.93. The number of carbonyl (C=O) groups is 1. The quantitative estimate of drug-likeness (QED) is 0.753. The highest BCUT2D eigenvalue weighted by Crippen LogP contribution is 2.27. The highest BCUT2D eigenvalue weighted by molar-refractivity contribution is 7.11. The molecule has 0 aliphatic carbocycles. The number of nitrogens with two attached hydrogens (primary N) is 1. The first-order valence-electron chi connectivity index (χ1n) is 8.54. The number of fused-ring (bicyclic) bond motifs is 1. The fraction of sp³-hybridized carbons (Fsp3) is 0.200. The molecule has 3 rings (SSSR count). The summed E-state index contributed by atoms with van der Waals surface area (Å²) in [6.07, 6.45) is 3.11. The van der Waals surface area contributed by atoms with Gasteiger partial charge in [-0.1, -0.05) is 12.7 Å². The predicted molar refractivity (Wildman–Crippen MR) is 106 cm³/mol. The van der Waals surface area contributed by atoms with Gasteiger partial charge in [0.1, 0.15) is 11.6 Å². The second-order valence-corrected chi connectivity index (χ2v) is 7.75. The van der Waals surface area contributed by atoms with Crippen LogP contribution < -0.4 is 11.1 Å². The number of nitrogens with zero attached hydrogens (tertiary/aromatic N) is 2. The summed E-state index contributed by atoms with van der Waals surface area (Å²) >= 11 is 1.58. The molecule has 0 radical (unpaired) electrons. The lowest BCUT2D eigenvalue weighted by atomic mass is 10.1. The van der Waals surface area contributed by atoms with Crippen molar-refractivity contribution < 1.29 is 13.6 Å². The van der Waals surface area contributed by atoms with E-state index >= 15 is 0 Å². The molecule has 5 nitrogen and oxygen atoms in total. The van der Waals surface area contributed by atoms with E-state index in [2.05, 4.69) is 16.9 Å². The summed E-state index contributed by atoms with van der Waals surface area (Å²) in [7, 11) is 0. The molecule has 8 heteroatoms. The molecule has 146 valence electrons. The van der Waals surface area contributed by atoms with Gasteiger partial charge in [-0.3, -0.25) is 0 Å². The Morgan fingerprint density at radius 3 is 2.79 bits per heavy atom. The molecular formula is C20H20F2N4OS. The van der Waals surface area contributed by atoms with Crippen LogP contribution in [0.4, 0.5) is 13.6 Å². The molecule has 2 aromatic rings. The Hall–Kier alpha value is -3.00. The Kier molecular flexibility index (Phi) is 5.60. The molecule has 1 aromatic carbocycles. The highest BCUT2D eigenvalue weighted by Gasteiger charge is 2.26. The zero-order valence-corrected chi connectivity index (χ0v) is 16.4. The summed E-state index contributed by atoms with van der Waals surface area (Å²) in [5, 5.41) is 3.65. The van der Waals surface area contributed by atoms with Gasteiger partial charge in [0, 0.05) is 16.5 Å². The maximum absolute atomic E-state index is 13.8. The van der Waals surface area contributed by atoms with Crippen LogP contribution in [-0.4, -0.2) is 15.9 Å². The van der Waals surface area contributed by atoms with Crippen LogP contribution >= 0.6 is 11.3 Å². The number of aromatic nitrogens is 1. The number of halogens is 2. The second-order valence-electron chi connectivity index (χ2n) is 6.46. The van der Waals surface area contributed by atoms with Crippen LogP contribution in [0.15, 0.2) is 48.3 Å². The number of aryl methyl sites for hydroxylation is 1. The smallest absolute Gasteiger partial charge is 0.322 e. The van der Waals surface area contributed by atoms with Crippen molar-refractivity contribution in [3.8, 4) is 0 Å². The van der Waals surface area contributed by atoms with E-state index < -0.39 is 11.6 Å². The zero-order valence-electron chi connectivity index (χ0n) is 15.6. The maximum atomic E-state index is 13.8. The normalized spacial score (nSPS) is 14.2. The predicted octanol–water partition coefficient (Wildman–Crippen LogP) is 4.21. The van der Waals surface area contributed by atoms with Gasteiger partial charge in [0.05, 0.1) is 35.2 Å². The SMILES string of the molecule is C=C(NC(=O)N1Cc2nc(C)sc2C1)/C(N)=C\C=C(/C)c1ccc(F)cc1F. The van der Waals surface area contributed by atoms with E-state index in [1.807, 2.05) is 6.92 Å². The van der Waals surface area contributed by atoms with Crippen molar-refractivity contribution in [3.63, 3.8) is 0 Å². The molecule has 0 unspecified atom stereocenters. The van der Waals surface area contributed by atoms with Crippen LogP contribution in [0, 0.1) is 18.6 Å². The number of benzene rings is 1. The van der Waals surface area contributed by atoms with Crippen molar-refractivity contribution in [2.24, 2.45) is 5.73 Å². The fourth-order valence-electron chi connectivity index (χ4n) is 2.81. The Labute approximate surface area is 165 Å². The van der Waals surface area contributed by atoms with Gasteiger partial charge in [0.15, 0.2) is 0 Å². The van der Waals surface area contributed by atoms with Crippen LogP contribution in [0.1, 0.15) is 28.1 Å². The average Bonchev–Trinajstić information content (AvgIpc) is 3.16. The van der Waals surface area contributed by atoms with E-state index in [-0.39, 0.29) is 23.0 Å². The third-order valence-corrected chi connectivity index (χ3v) is 5.32. The fourth-order valence-corrected chi connectivity index (χ4v) is 3.77. The van der Waals surface area contributed by atoms with Crippen molar-refractivity contribution in [2.45, 2.75) is 26.9 Å². The third-order valence-electron chi connectivity index (χ3n) is 4.32. The maximum Gasteiger partial charge on any atom is 0.322 e. The monoisotopic (exact) mass is 402 g/mol. The van der Waals surface area contributed by atoms with Crippen molar-refractivity contribution >= 4 is 22.9 Å². The van der Waals surface area contributed by atoms with Crippen molar-refractivity contribution in [3.05, 3.63) is 81.1 Å². The van der Waals surface area contributed by atoms with Gasteiger partial charge >= 0.3 is 6.03 Å². The number of carbonyl (C=O) groups excluding carboxylic acids is 1. The third kappa shape index (κ3) is 4.28. The summed E-state index contributed by atoms with van der Waals surface area (Å²) < 4.78 is 26.8.